The van der Waals surface area contributed by atoms with Gasteiger partial charge in [-0.15, -0.1) is 0 Å². The normalized spacial score (nSPS) is 17.8. The molecule has 2 heterocycles. The number of amides is 2. The Labute approximate surface area is 163 Å². The highest BCUT2D eigenvalue weighted by Crippen LogP contribution is 2.23. The van der Waals surface area contributed by atoms with Crippen LogP contribution in [0, 0.1) is 0 Å². The van der Waals surface area contributed by atoms with Crippen molar-refractivity contribution in [3.8, 4) is 5.75 Å². The minimum absolute atomic E-state index is 0.284. The second-order valence-electron chi connectivity index (χ2n) is 6.89. The van der Waals surface area contributed by atoms with Gasteiger partial charge in [0.1, 0.15) is 12.4 Å². The molecule has 3 aromatic rings. The summed E-state index contributed by atoms with van der Waals surface area (Å²) in [6, 6.07) is 16.9. The number of hydrogen-bond donors (Lipinski definition) is 2. The van der Waals surface area contributed by atoms with Crippen LogP contribution in [0.1, 0.15) is 5.56 Å². The van der Waals surface area contributed by atoms with E-state index in [-0.39, 0.29) is 6.03 Å². The number of carbonyl (C=O) groups excluding carboxylic acids is 1. The molecule has 4 rings (SSSR count). The van der Waals surface area contributed by atoms with Crippen LogP contribution < -0.4 is 15.4 Å². The fraction of sp³-hybridized carbons (Fsp3) is 0.238. The van der Waals surface area contributed by atoms with Crippen LogP contribution in [-0.4, -0.2) is 39.9 Å². The molecule has 0 saturated carbocycles. The number of nitrogens with one attached hydrogen (secondary N) is 2. The summed E-state index contributed by atoms with van der Waals surface area (Å²) in [5.74, 6) is 0.741. The first-order valence-electron chi connectivity index (χ1n) is 9.23. The summed E-state index contributed by atoms with van der Waals surface area (Å²) in [6.45, 7) is 2.54. The van der Waals surface area contributed by atoms with Crippen LogP contribution >= 0.6 is 0 Å². The van der Waals surface area contributed by atoms with Gasteiger partial charge in [0.25, 0.3) is 0 Å². The van der Waals surface area contributed by atoms with Crippen LogP contribution in [0.5, 0.6) is 5.75 Å². The number of carbonyl (C=O) groups is 1. The summed E-state index contributed by atoms with van der Waals surface area (Å²) in [4.78, 5) is 14.5. The molecule has 0 spiro atoms. The molecule has 2 aromatic carbocycles. The monoisotopic (exact) mass is 377 g/mol. The molecule has 2 amide bonds. The highest BCUT2D eigenvalue weighted by Gasteiger charge is 2.34. The summed E-state index contributed by atoms with van der Waals surface area (Å²) < 4.78 is 7.73. The Morgan fingerprint density at radius 2 is 1.93 bits per heavy atom. The van der Waals surface area contributed by atoms with E-state index < -0.39 is 0 Å². The van der Waals surface area contributed by atoms with Crippen LogP contribution in [-0.2, 0) is 13.6 Å². The molecule has 28 heavy (non-hydrogen) atoms. The molecule has 1 aliphatic heterocycles. The first kappa shape index (κ1) is 18.1. The summed E-state index contributed by atoms with van der Waals surface area (Å²) in [5.41, 5.74) is 2.64. The van der Waals surface area contributed by atoms with Crippen molar-refractivity contribution in [1.29, 1.82) is 0 Å². The van der Waals surface area contributed by atoms with Crippen LogP contribution in [0.2, 0.25) is 0 Å². The molecule has 0 bridgehead atoms. The van der Waals surface area contributed by atoms with E-state index in [0.717, 1.165) is 24.5 Å². The number of urea groups is 1. The average molecular weight is 377 g/mol. The molecule has 7 nitrogen and oxygen atoms in total. The Morgan fingerprint density at radius 1 is 1.14 bits per heavy atom. The van der Waals surface area contributed by atoms with Crippen molar-refractivity contribution in [2.45, 2.75) is 12.6 Å². The van der Waals surface area contributed by atoms with Crippen LogP contribution in [0.3, 0.4) is 0 Å². The molecule has 2 atom stereocenters. The van der Waals surface area contributed by atoms with E-state index in [4.69, 9.17) is 4.74 Å². The predicted octanol–water partition coefficient (Wildman–Crippen LogP) is 3.33. The number of aryl methyl sites for hydroxylation is 1. The Bertz CT molecular complexity index is 941. The van der Waals surface area contributed by atoms with Crippen molar-refractivity contribution in [2.24, 2.45) is 7.05 Å². The van der Waals surface area contributed by atoms with Gasteiger partial charge in [-0.1, -0.05) is 24.3 Å². The number of para-hydroxylation sites is 1. The Morgan fingerprint density at radius 3 is 2.71 bits per heavy atom. The minimum atomic E-state index is -0.284. The lowest BCUT2D eigenvalue weighted by molar-refractivity contribution is 0.262. The van der Waals surface area contributed by atoms with Crippen molar-refractivity contribution >= 4 is 17.4 Å². The topological polar surface area (TPSA) is 71.2 Å². The van der Waals surface area contributed by atoms with Crippen molar-refractivity contribution in [3.63, 3.8) is 0 Å². The molecule has 0 radical (unpaired) electrons. The number of aromatic nitrogens is 2. The Balaban J connectivity index is 1.24. The number of anilines is 2. The summed E-state index contributed by atoms with van der Waals surface area (Å²) in [5, 5.41) is 9.82. The molecule has 144 valence electrons. The molecular weight excluding hydrogens is 354 g/mol. The van der Waals surface area contributed by atoms with Gasteiger partial charge in [0, 0.05) is 49.3 Å². The highest BCUT2D eigenvalue weighted by molar-refractivity contribution is 5.99. The summed E-state index contributed by atoms with van der Waals surface area (Å²) in [7, 11) is 1.92. The van der Waals surface area contributed by atoms with Gasteiger partial charge in [0.15, 0.2) is 0 Å². The van der Waals surface area contributed by atoms with Crippen LogP contribution in [0.4, 0.5) is 16.2 Å². The van der Waals surface area contributed by atoms with Crippen LogP contribution in [0.15, 0.2) is 67.0 Å². The fourth-order valence-electron chi connectivity index (χ4n) is 3.03. The average Bonchev–Trinajstić information content (AvgIpc) is 3.30. The molecule has 2 N–H and O–H groups in total. The molecular formula is C21H23N5O2. The zero-order valence-corrected chi connectivity index (χ0v) is 15.7. The third-order valence-corrected chi connectivity index (χ3v) is 4.54. The Hall–Kier alpha value is -3.32. The standard InChI is InChI=1S/C21H23N5O2/c1-25-12-16(11-22-25)13-26-14-19(26)15-28-20-9-5-8-18(10-20)24-21(27)23-17-6-3-2-4-7-17/h2-12,19H,13-15H2,1H3,(H2,23,24,27). The van der Waals surface area contributed by atoms with Crippen molar-refractivity contribution in [3.05, 3.63) is 72.6 Å². The molecule has 1 fully saturated rings. The number of nitrogens with zero attached hydrogens (tertiary/aromatic N) is 3. The molecule has 7 heteroatoms. The lowest BCUT2D eigenvalue weighted by atomic mass is 10.3. The van der Waals surface area contributed by atoms with Gasteiger partial charge in [-0.05, 0) is 24.3 Å². The maximum atomic E-state index is 12.1. The first-order chi connectivity index (χ1) is 13.7. The van der Waals surface area contributed by atoms with E-state index in [1.807, 2.05) is 78.7 Å². The fourth-order valence-corrected chi connectivity index (χ4v) is 3.03. The molecule has 1 aromatic heterocycles. The highest BCUT2D eigenvalue weighted by atomic mass is 16.5. The molecule has 2 unspecified atom stereocenters. The zero-order chi connectivity index (χ0) is 19.3. The van der Waals surface area contributed by atoms with Crippen molar-refractivity contribution in [1.82, 2.24) is 14.7 Å². The molecule has 1 saturated heterocycles. The van der Waals surface area contributed by atoms with Crippen molar-refractivity contribution < 1.29 is 9.53 Å². The SMILES string of the molecule is Cn1cc(CN2CC2COc2cccc(NC(=O)Nc3ccccc3)c2)cn1. The third-order valence-electron chi connectivity index (χ3n) is 4.54. The lowest BCUT2D eigenvalue weighted by Crippen LogP contribution is -2.19. The minimum Gasteiger partial charge on any atom is -0.492 e. The quantitative estimate of drug-likeness (QED) is 0.620. The predicted molar refractivity (Wildman–Crippen MR) is 108 cm³/mol. The van der Waals surface area contributed by atoms with Gasteiger partial charge in [-0.3, -0.25) is 9.58 Å². The maximum Gasteiger partial charge on any atom is 0.323 e. The summed E-state index contributed by atoms with van der Waals surface area (Å²) >= 11 is 0. The van der Waals surface area contributed by atoms with Gasteiger partial charge in [-0.2, -0.15) is 5.10 Å². The van der Waals surface area contributed by atoms with Gasteiger partial charge in [0.05, 0.1) is 12.2 Å². The smallest absolute Gasteiger partial charge is 0.323 e. The maximum absolute atomic E-state index is 12.1. The number of hydrogen-bond acceptors (Lipinski definition) is 4. The van der Waals surface area contributed by atoms with Gasteiger partial charge in [0.2, 0.25) is 0 Å². The van der Waals surface area contributed by atoms with Gasteiger partial charge >= 0.3 is 6.03 Å². The second kappa shape index (κ2) is 8.14. The Kier molecular flexibility index (Phi) is 5.25. The van der Waals surface area contributed by atoms with E-state index in [2.05, 4.69) is 20.6 Å². The largest absolute Gasteiger partial charge is 0.492 e. The van der Waals surface area contributed by atoms with Gasteiger partial charge in [-0.25, -0.2) is 4.79 Å². The van der Waals surface area contributed by atoms with E-state index in [1.165, 1.54) is 5.56 Å². The van der Waals surface area contributed by atoms with Crippen LogP contribution in [0.25, 0.3) is 0 Å². The third kappa shape index (κ3) is 4.89. The summed E-state index contributed by atoms with van der Waals surface area (Å²) in [6.07, 6.45) is 3.93. The first-order valence-corrected chi connectivity index (χ1v) is 9.23. The number of rotatable bonds is 7. The molecule has 1 aliphatic rings. The number of benzene rings is 2. The van der Waals surface area contributed by atoms with Gasteiger partial charge < -0.3 is 15.4 Å². The number of ether oxygens (including phenoxy) is 1. The lowest BCUT2D eigenvalue weighted by Gasteiger charge is -2.10. The van der Waals surface area contributed by atoms with Crippen molar-refractivity contribution in [2.75, 3.05) is 23.8 Å². The molecule has 0 aliphatic carbocycles. The van der Waals surface area contributed by atoms with E-state index >= 15 is 0 Å². The van der Waals surface area contributed by atoms with E-state index in [9.17, 15) is 4.79 Å². The zero-order valence-electron chi connectivity index (χ0n) is 15.7. The van der Waals surface area contributed by atoms with E-state index in [0.29, 0.717) is 18.3 Å². The second-order valence-corrected chi connectivity index (χ2v) is 6.89. The van der Waals surface area contributed by atoms with E-state index in [1.54, 1.807) is 0 Å².